The molecule has 1 fully saturated rings. The maximum Gasteiger partial charge on any atom is 0.339 e. The van der Waals surface area contributed by atoms with Crippen LogP contribution in [0.1, 0.15) is 13.3 Å². The third-order valence-corrected chi connectivity index (χ3v) is 1.34. The summed E-state index contributed by atoms with van der Waals surface area (Å²) in [5.41, 5.74) is 0.594. The first-order valence-corrected chi connectivity index (χ1v) is 2.75. The molecule has 5 nitrogen and oxygen atoms in total. The molecule has 1 aliphatic heterocycles. The molecule has 1 aliphatic rings. The van der Waals surface area contributed by atoms with E-state index in [0.717, 1.165) is 0 Å². The molecule has 56 valence electrons. The highest BCUT2D eigenvalue weighted by Gasteiger charge is 2.43. The quantitative estimate of drug-likeness (QED) is 0.510. The average molecular weight is 145 g/mol. The minimum Gasteiger partial charge on any atom is -0.479 e. The average Bonchev–Trinajstić information content (AvgIpc) is 2.13. The fraction of sp³-hybridized carbons (Fsp3) is 0.600. The SMILES string of the molecule is CC1(C(=O)O)CC(=O)NO1. The van der Waals surface area contributed by atoms with Gasteiger partial charge in [-0.2, -0.15) is 0 Å². The highest BCUT2D eigenvalue weighted by molar-refractivity contribution is 5.88. The van der Waals surface area contributed by atoms with Crippen molar-refractivity contribution >= 4 is 11.9 Å². The van der Waals surface area contributed by atoms with Gasteiger partial charge in [-0.15, -0.1) is 0 Å². The largest absolute Gasteiger partial charge is 0.479 e. The molecule has 10 heavy (non-hydrogen) atoms. The standard InChI is InChI=1S/C5H7NO4/c1-5(4(8)9)2-3(7)6-10-5/h2H2,1H3,(H,6,7)(H,8,9). The van der Waals surface area contributed by atoms with Crippen molar-refractivity contribution < 1.29 is 19.5 Å². The van der Waals surface area contributed by atoms with Gasteiger partial charge in [0.15, 0.2) is 5.60 Å². The summed E-state index contributed by atoms with van der Waals surface area (Å²) in [6.45, 7) is 1.34. The molecule has 0 radical (unpaired) electrons. The van der Waals surface area contributed by atoms with E-state index in [-0.39, 0.29) is 6.42 Å². The Bertz CT molecular complexity index is 190. The van der Waals surface area contributed by atoms with Gasteiger partial charge in [0.2, 0.25) is 5.91 Å². The highest BCUT2D eigenvalue weighted by atomic mass is 16.7. The predicted molar refractivity (Wildman–Crippen MR) is 29.9 cm³/mol. The Morgan fingerprint density at radius 3 is 2.70 bits per heavy atom. The van der Waals surface area contributed by atoms with Gasteiger partial charge in [0.25, 0.3) is 0 Å². The summed E-state index contributed by atoms with van der Waals surface area (Å²) in [5.74, 6) is -1.53. The number of hydrogen-bond acceptors (Lipinski definition) is 3. The van der Waals surface area contributed by atoms with Crippen molar-refractivity contribution in [3.05, 3.63) is 0 Å². The second-order valence-electron chi connectivity index (χ2n) is 2.34. The summed E-state index contributed by atoms with van der Waals surface area (Å²) in [7, 11) is 0. The topological polar surface area (TPSA) is 75.6 Å². The van der Waals surface area contributed by atoms with Crippen LogP contribution in [0.15, 0.2) is 0 Å². The normalized spacial score (nSPS) is 31.9. The van der Waals surface area contributed by atoms with Crippen LogP contribution in [-0.4, -0.2) is 22.6 Å². The molecular formula is C5H7NO4. The van der Waals surface area contributed by atoms with E-state index < -0.39 is 17.5 Å². The molecule has 1 unspecified atom stereocenters. The van der Waals surface area contributed by atoms with E-state index in [9.17, 15) is 9.59 Å². The number of carboxylic acids is 1. The van der Waals surface area contributed by atoms with Gasteiger partial charge in [-0.1, -0.05) is 0 Å². The van der Waals surface area contributed by atoms with Gasteiger partial charge in [0, 0.05) is 0 Å². The molecule has 0 bridgehead atoms. The van der Waals surface area contributed by atoms with Gasteiger partial charge in [-0.05, 0) is 6.92 Å². The van der Waals surface area contributed by atoms with Crippen LogP contribution < -0.4 is 5.48 Å². The number of hydrogen-bond donors (Lipinski definition) is 2. The number of carbonyl (C=O) groups is 2. The van der Waals surface area contributed by atoms with E-state index in [4.69, 9.17) is 5.11 Å². The van der Waals surface area contributed by atoms with Gasteiger partial charge in [0.1, 0.15) is 0 Å². The molecule has 1 rings (SSSR count). The molecule has 1 amide bonds. The van der Waals surface area contributed by atoms with E-state index >= 15 is 0 Å². The second kappa shape index (κ2) is 1.95. The molecule has 0 aromatic carbocycles. The number of carbonyl (C=O) groups excluding carboxylic acids is 1. The van der Waals surface area contributed by atoms with Crippen LogP contribution >= 0.6 is 0 Å². The smallest absolute Gasteiger partial charge is 0.339 e. The third kappa shape index (κ3) is 0.950. The Hall–Kier alpha value is -1.10. The van der Waals surface area contributed by atoms with Crippen molar-refractivity contribution in [1.29, 1.82) is 0 Å². The number of rotatable bonds is 1. The van der Waals surface area contributed by atoms with Crippen LogP contribution in [-0.2, 0) is 14.4 Å². The zero-order valence-corrected chi connectivity index (χ0v) is 5.38. The summed E-state index contributed by atoms with van der Waals surface area (Å²) in [6.07, 6.45) is -0.123. The Labute approximate surface area is 56.9 Å². The molecule has 5 heteroatoms. The number of carboxylic acid groups (broad SMARTS) is 1. The Morgan fingerprint density at radius 2 is 2.50 bits per heavy atom. The Balaban J connectivity index is 2.72. The summed E-state index contributed by atoms with van der Waals surface area (Å²) in [5, 5.41) is 8.47. The van der Waals surface area contributed by atoms with Gasteiger partial charge in [-0.3, -0.25) is 9.63 Å². The molecule has 0 aromatic rings. The third-order valence-electron chi connectivity index (χ3n) is 1.34. The lowest BCUT2D eigenvalue weighted by Crippen LogP contribution is -2.35. The molecule has 0 saturated carbocycles. The van der Waals surface area contributed by atoms with Crippen LogP contribution in [0.4, 0.5) is 0 Å². The van der Waals surface area contributed by atoms with E-state index in [1.54, 1.807) is 0 Å². The van der Waals surface area contributed by atoms with Crippen LogP contribution in [0.25, 0.3) is 0 Å². The van der Waals surface area contributed by atoms with Crippen LogP contribution in [0.5, 0.6) is 0 Å². The lowest BCUT2D eigenvalue weighted by molar-refractivity contribution is -0.163. The van der Waals surface area contributed by atoms with Gasteiger partial charge in [0.05, 0.1) is 6.42 Å². The van der Waals surface area contributed by atoms with Crippen molar-refractivity contribution in [3.8, 4) is 0 Å². The first-order chi connectivity index (χ1) is 4.54. The van der Waals surface area contributed by atoms with Crippen LogP contribution in [0.2, 0.25) is 0 Å². The summed E-state index contributed by atoms with van der Waals surface area (Å²) in [6, 6.07) is 0. The zero-order chi connectivity index (χ0) is 7.78. The lowest BCUT2D eigenvalue weighted by Gasteiger charge is -2.12. The van der Waals surface area contributed by atoms with E-state index in [1.807, 2.05) is 5.48 Å². The molecule has 1 heterocycles. The first kappa shape index (κ1) is 7.01. The van der Waals surface area contributed by atoms with Crippen molar-refractivity contribution in [2.45, 2.75) is 18.9 Å². The predicted octanol–water partition coefficient (Wildman–Crippen LogP) is -0.719. The maximum absolute atomic E-state index is 10.5. The monoisotopic (exact) mass is 145 g/mol. The zero-order valence-electron chi connectivity index (χ0n) is 5.38. The highest BCUT2D eigenvalue weighted by Crippen LogP contribution is 2.19. The Kier molecular flexibility index (Phi) is 1.37. The van der Waals surface area contributed by atoms with Crippen molar-refractivity contribution in [2.24, 2.45) is 0 Å². The van der Waals surface area contributed by atoms with E-state index in [2.05, 4.69) is 4.84 Å². The second-order valence-corrected chi connectivity index (χ2v) is 2.34. The molecule has 0 spiro atoms. The fourth-order valence-corrected chi connectivity index (χ4v) is 0.667. The van der Waals surface area contributed by atoms with Gasteiger partial charge >= 0.3 is 5.97 Å². The number of amides is 1. The summed E-state index contributed by atoms with van der Waals surface area (Å²) >= 11 is 0. The first-order valence-electron chi connectivity index (χ1n) is 2.75. The minimum atomic E-state index is -1.38. The minimum absolute atomic E-state index is 0.123. The summed E-state index contributed by atoms with van der Waals surface area (Å²) in [4.78, 5) is 25.3. The number of hydroxylamine groups is 1. The fourth-order valence-electron chi connectivity index (χ4n) is 0.667. The van der Waals surface area contributed by atoms with Crippen molar-refractivity contribution in [2.75, 3.05) is 0 Å². The van der Waals surface area contributed by atoms with Gasteiger partial charge < -0.3 is 5.11 Å². The molecule has 1 atom stereocenters. The van der Waals surface area contributed by atoms with Gasteiger partial charge in [-0.25, -0.2) is 10.3 Å². The maximum atomic E-state index is 10.5. The van der Waals surface area contributed by atoms with Crippen molar-refractivity contribution in [3.63, 3.8) is 0 Å². The Morgan fingerprint density at radius 1 is 1.90 bits per heavy atom. The number of nitrogens with one attached hydrogen (secondary N) is 1. The summed E-state index contributed by atoms with van der Waals surface area (Å²) < 4.78 is 0. The van der Waals surface area contributed by atoms with Crippen LogP contribution in [0.3, 0.4) is 0 Å². The number of aliphatic carboxylic acids is 1. The van der Waals surface area contributed by atoms with E-state index in [1.165, 1.54) is 6.92 Å². The van der Waals surface area contributed by atoms with E-state index in [0.29, 0.717) is 0 Å². The molecule has 0 aliphatic carbocycles. The van der Waals surface area contributed by atoms with Crippen LogP contribution in [0, 0.1) is 0 Å². The molecule has 1 saturated heterocycles. The molecular weight excluding hydrogens is 138 g/mol. The molecule has 0 aromatic heterocycles. The van der Waals surface area contributed by atoms with Crippen molar-refractivity contribution in [1.82, 2.24) is 5.48 Å². The molecule has 2 N–H and O–H groups in total. The lowest BCUT2D eigenvalue weighted by atomic mass is 10.0.